The molecular weight excluding hydrogens is 384 g/mol. The van der Waals surface area contributed by atoms with E-state index in [1.807, 2.05) is 19.1 Å². The van der Waals surface area contributed by atoms with Crippen molar-refractivity contribution in [1.82, 2.24) is 4.90 Å². The van der Waals surface area contributed by atoms with Gasteiger partial charge in [-0.05, 0) is 65.6 Å². The Balaban J connectivity index is 1.66. The van der Waals surface area contributed by atoms with E-state index in [0.717, 1.165) is 34.2 Å². The van der Waals surface area contributed by atoms with E-state index in [0.29, 0.717) is 16.4 Å². The largest absolute Gasteiger partial charge is 0.491 e. The van der Waals surface area contributed by atoms with Gasteiger partial charge in [0.05, 0.1) is 23.1 Å². The molecule has 2 amide bonds. The highest BCUT2D eigenvalue weighted by atomic mass is 32.2. The number of carbonyl (C=O) groups is 2. The van der Waals surface area contributed by atoms with Crippen LogP contribution in [-0.2, 0) is 4.79 Å². The van der Waals surface area contributed by atoms with Crippen molar-refractivity contribution in [2.24, 2.45) is 0 Å². The van der Waals surface area contributed by atoms with Gasteiger partial charge in [0.25, 0.3) is 11.1 Å². The molecule has 2 aromatic carbocycles. The number of thioether (sulfide) groups is 1. The van der Waals surface area contributed by atoms with Crippen LogP contribution in [0.5, 0.6) is 5.75 Å². The molecule has 0 radical (unpaired) electrons. The summed E-state index contributed by atoms with van der Waals surface area (Å²) in [6, 6.07) is 15.0. The van der Waals surface area contributed by atoms with E-state index in [1.165, 1.54) is 4.90 Å². The standard InChI is InChI=1S/C23H22N2O3S/c1-15(2)19-9-4-16(3)12-20(19)28-11-10-25-22(26)21(29-23(25)27)13-17-5-7-18(14-24)8-6-17/h4-9,12-13,15H,10-11H2,1-3H3/b21-13-. The fourth-order valence-corrected chi connectivity index (χ4v) is 3.85. The third-order valence-corrected chi connectivity index (χ3v) is 5.48. The van der Waals surface area contributed by atoms with Crippen molar-refractivity contribution in [2.45, 2.75) is 26.7 Å². The van der Waals surface area contributed by atoms with Gasteiger partial charge in [-0.3, -0.25) is 14.5 Å². The van der Waals surface area contributed by atoms with Crippen LogP contribution in [0.3, 0.4) is 0 Å². The summed E-state index contributed by atoms with van der Waals surface area (Å²) in [6.45, 7) is 6.64. The summed E-state index contributed by atoms with van der Waals surface area (Å²) in [7, 11) is 0. The fraction of sp³-hybridized carbons (Fsp3) is 0.261. The van der Waals surface area contributed by atoms with Crippen LogP contribution in [0.25, 0.3) is 6.08 Å². The molecule has 0 saturated carbocycles. The van der Waals surface area contributed by atoms with E-state index in [4.69, 9.17) is 10.00 Å². The average Bonchev–Trinajstić information content (AvgIpc) is 2.95. The molecule has 5 nitrogen and oxygen atoms in total. The number of nitrogens with zero attached hydrogens (tertiary/aromatic N) is 2. The van der Waals surface area contributed by atoms with Gasteiger partial charge >= 0.3 is 0 Å². The summed E-state index contributed by atoms with van der Waals surface area (Å²) in [5.41, 5.74) is 3.52. The van der Waals surface area contributed by atoms with E-state index in [9.17, 15) is 9.59 Å². The first-order valence-corrected chi connectivity index (χ1v) is 10.2. The third kappa shape index (κ3) is 4.87. The maximum Gasteiger partial charge on any atom is 0.293 e. The van der Waals surface area contributed by atoms with Crippen molar-refractivity contribution in [3.05, 3.63) is 69.6 Å². The lowest BCUT2D eigenvalue weighted by Crippen LogP contribution is -2.32. The lowest BCUT2D eigenvalue weighted by atomic mass is 10.0. The first kappa shape index (κ1) is 20.7. The van der Waals surface area contributed by atoms with Crippen LogP contribution in [0, 0.1) is 18.3 Å². The molecule has 6 heteroatoms. The number of rotatable bonds is 6. The molecule has 0 aliphatic carbocycles. The number of hydrogen-bond donors (Lipinski definition) is 0. The maximum absolute atomic E-state index is 12.6. The molecule has 148 valence electrons. The van der Waals surface area contributed by atoms with Gasteiger partial charge in [0.1, 0.15) is 12.4 Å². The first-order valence-electron chi connectivity index (χ1n) is 9.38. The molecule has 0 bridgehead atoms. The van der Waals surface area contributed by atoms with E-state index in [-0.39, 0.29) is 24.3 Å². The molecule has 1 saturated heterocycles. The minimum Gasteiger partial charge on any atom is -0.491 e. The predicted octanol–water partition coefficient (Wildman–Crippen LogP) is 5.11. The number of amides is 2. The Morgan fingerprint density at radius 1 is 1.17 bits per heavy atom. The number of benzene rings is 2. The van der Waals surface area contributed by atoms with Crippen molar-refractivity contribution >= 4 is 29.0 Å². The summed E-state index contributed by atoms with van der Waals surface area (Å²) >= 11 is 0.921. The first-order chi connectivity index (χ1) is 13.9. The highest BCUT2D eigenvalue weighted by Gasteiger charge is 2.34. The van der Waals surface area contributed by atoms with Gasteiger partial charge in [0.2, 0.25) is 0 Å². The Morgan fingerprint density at radius 3 is 2.55 bits per heavy atom. The van der Waals surface area contributed by atoms with Crippen LogP contribution < -0.4 is 4.74 Å². The van der Waals surface area contributed by atoms with Gasteiger partial charge in [-0.2, -0.15) is 5.26 Å². The number of ether oxygens (including phenoxy) is 1. The summed E-state index contributed by atoms with van der Waals surface area (Å²) in [5, 5.41) is 8.57. The number of nitriles is 1. The molecule has 2 aromatic rings. The molecule has 1 fully saturated rings. The molecule has 0 unspecified atom stereocenters. The molecular formula is C23H22N2O3S. The molecule has 29 heavy (non-hydrogen) atoms. The lowest BCUT2D eigenvalue weighted by molar-refractivity contribution is -0.123. The smallest absolute Gasteiger partial charge is 0.293 e. The van der Waals surface area contributed by atoms with Crippen molar-refractivity contribution in [2.75, 3.05) is 13.2 Å². The summed E-state index contributed by atoms with van der Waals surface area (Å²) in [6.07, 6.45) is 1.67. The highest BCUT2D eigenvalue weighted by Crippen LogP contribution is 2.32. The normalized spacial score (nSPS) is 15.3. The number of aryl methyl sites for hydroxylation is 1. The fourth-order valence-electron chi connectivity index (χ4n) is 2.99. The number of imide groups is 1. The second-order valence-electron chi connectivity index (χ2n) is 7.11. The van der Waals surface area contributed by atoms with Gasteiger partial charge in [-0.1, -0.05) is 38.1 Å². The summed E-state index contributed by atoms with van der Waals surface area (Å²) < 4.78 is 5.91. The quantitative estimate of drug-likeness (QED) is 0.624. The zero-order chi connectivity index (χ0) is 21.0. The zero-order valence-corrected chi connectivity index (χ0v) is 17.5. The van der Waals surface area contributed by atoms with Crippen LogP contribution in [0.4, 0.5) is 4.79 Å². The van der Waals surface area contributed by atoms with E-state index in [1.54, 1.807) is 30.3 Å². The van der Waals surface area contributed by atoms with Crippen LogP contribution in [0.15, 0.2) is 47.4 Å². The molecule has 1 heterocycles. The second-order valence-corrected chi connectivity index (χ2v) is 8.10. The monoisotopic (exact) mass is 406 g/mol. The lowest BCUT2D eigenvalue weighted by Gasteiger charge is -2.17. The van der Waals surface area contributed by atoms with E-state index in [2.05, 4.69) is 26.0 Å². The Hall–Kier alpha value is -3.04. The average molecular weight is 407 g/mol. The topological polar surface area (TPSA) is 70.4 Å². The molecule has 0 aromatic heterocycles. The van der Waals surface area contributed by atoms with Crippen LogP contribution in [0.1, 0.15) is 42.0 Å². The van der Waals surface area contributed by atoms with Gasteiger partial charge in [0, 0.05) is 0 Å². The van der Waals surface area contributed by atoms with E-state index >= 15 is 0 Å². The van der Waals surface area contributed by atoms with Crippen molar-refractivity contribution in [3.8, 4) is 11.8 Å². The van der Waals surface area contributed by atoms with Crippen molar-refractivity contribution in [1.29, 1.82) is 5.26 Å². The molecule has 0 atom stereocenters. The predicted molar refractivity (Wildman–Crippen MR) is 115 cm³/mol. The summed E-state index contributed by atoms with van der Waals surface area (Å²) in [5.74, 6) is 0.791. The number of hydrogen-bond acceptors (Lipinski definition) is 5. The minimum atomic E-state index is -0.318. The molecule has 1 aliphatic rings. The highest BCUT2D eigenvalue weighted by molar-refractivity contribution is 8.18. The van der Waals surface area contributed by atoms with Crippen molar-refractivity contribution < 1.29 is 14.3 Å². The molecule has 3 rings (SSSR count). The van der Waals surface area contributed by atoms with Gasteiger partial charge < -0.3 is 4.74 Å². The summed E-state index contributed by atoms with van der Waals surface area (Å²) in [4.78, 5) is 26.5. The SMILES string of the molecule is Cc1ccc(C(C)C)c(OCCN2C(=O)S/C(=C\c3ccc(C#N)cc3)C2=O)c1. The van der Waals surface area contributed by atoms with Crippen molar-refractivity contribution in [3.63, 3.8) is 0 Å². The Bertz CT molecular complexity index is 1000. The Morgan fingerprint density at radius 2 is 1.90 bits per heavy atom. The molecule has 0 N–H and O–H groups in total. The Labute approximate surface area is 175 Å². The molecule has 1 aliphatic heterocycles. The molecule has 0 spiro atoms. The maximum atomic E-state index is 12.6. The van der Waals surface area contributed by atoms with Gasteiger partial charge in [-0.15, -0.1) is 0 Å². The van der Waals surface area contributed by atoms with Crippen LogP contribution in [0.2, 0.25) is 0 Å². The Kier molecular flexibility index (Phi) is 6.40. The number of carbonyl (C=O) groups excluding carboxylic acids is 2. The van der Waals surface area contributed by atoms with E-state index < -0.39 is 0 Å². The van der Waals surface area contributed by atoms with Gasteiger partial charge in [-0.25, -0.2) is 0 Å². The third-order valence-electron chi connectivity index (χ3n) is 4.57. The second kappa shape index (κ2) is 8.97. The van der Waals surface area contributed by atoms with Crippen LogP contribution in [-0.4, -0.2) is 29.2 Å². The van der Waals surface area contributed by atoms with Gasteiger partial charge in [0.15, 0.2) is 0 Å². The minimum absolute atomic E-state index is 0.195. The zero-order valence-electron chi connectivity index (χ0n) is 16.6. The van der Waals surface area contributed by atoms with Crippen LogP contribution >= 0.6 is 11.8 Å².